The van der Waals surface area contributed by atoms with Gasteiger partial charge in [-0.2, -0.15) is 0 Å². The second-order valence-electron chi connectivity index (χ2n) is 4.48. The molecule has 0 saturated carbocycles. The van der Waals surface area contributed by atoms with Crippen LogP contribution in [0.1, 0.15) is 24.1 Å². The lowest BCUT2D eigenvalue weighted by Crippen LogP contribution is -2.30. The summed E-state index contributed by atoms with van der Waals surface area (Å²) in [6.07, 6.45) is 0. The van der Waals surface area contributed by atoms with Gasteiger partial charge in [0, 0.05) is 11.7 Å². The van der Waals surface area contributed by atoms with Gasteiger partial charge in [0.05, 0.1) is 12.0 Å². The Morgan fingerprint density at radius 2 is 2.12 bits per heavy atom. The van der Waals surface area contributed by atoms with Gasteiger partial charge in [0.2, 0.25) is 0 Å². The van der Waals surface area contributed by atoms with E-state index in [-0.39, 0.29) is 12.1 Å². The smallest absolute Gasteiger partial charge is 0.310 e. The summed E-state index contributed by atoms with van der Waals surface area (Å²) in [6.45, 7) is 3.77. The molecular formula is C12H17N3O2. The Morgan fingerprint density at radius 3 is 2.76 bits per heavy atom. The second-order valence-corrected chi connectivity index (χ2v) is 4.48. The van der Waals surface area contributed by atoms with E-state index in [0.717, 1.165) is 11.1 Å². The molecule has 5 nitrogen and oxygen atoms in total. The van der Waals surface area contributed by atoms with E-state index in [0.29, 0.717) is 5.69 Å². The third-order valence-electron chi connectivity index (χ3n) is 3.40. The van der Waals surface area contributed by atoms with Crippen molar-refractivity contribution in [3.8, 4) is 0 Å². The highest BCUT2D eigenvalue weighted by Crippen LogP contribution is 2.32. The maximum atomic E-state index is 11.3. The van der Waals surface area contributed by atoms with E-state index in [1.54, 1.807) is 0 Å². The van der Waals surface area contributed by atoms with E-state index in [9.17, 15) is 9.90 Å². The molecule has 0 aliphatic carbocycles. The van der Waals surface area contributed by atoms with Gasteiger partial charge in [-0.05, 0) is 31.0 Å². The predicted octanol–water partition coefficient (Wildman–Crippen LogP) is 0.815. The summed E-state index contributed by atoms with van der Waals surface area (Å²) < 4.78 is 0. The molecule has 1 fully saturated rings. The largest absolute Gasteiger partial charge is 0.481 e. The maximum absolute atomic E-state index is 11.3. The zero-order valence-electron chi connectivity index (χ0n) is 9.90. The van der Waals surface area contributed by atoms with Crippen LogP contribution in [0.2, 0.25) is 0 Å². The molecule has 0 bridgehead atoms. The SMILES string of the molecule is Cc1c(N)cccc1C1NNC(C)C1C(=O)O. The normalized spacial score (nSPS) is 28.2. The summed E-state index contributed by atoms with van der Waals surface area (Å²) in [7, 11) is 0. The van der Waals surface area contributed by atoms with Gasteiger partial charge < -0.3 is 10.8 Å². The highest BCUT2D eigenvalue weighted by molar-refractivity contribution is 5.73. The maximum Gasteiger partial charge on any atom is 0.310 e. The van der Waals surface area contributed by atoms with E-state index in [1.165, 1.54) is 0 Å². The first-order valence-corrected chi connectivity index (χ1v) is 5.61. The number of carboxylic acid groups (broad SMARTS) is 1. The molecule has 92 valence electrons. The molecule has 3 unspecified atom stereocenters. The Hall–Kier alpha value is -1.59. The highest BCUT2D eigenvalue weighted by atomic mass is 16.4. The third-order valence-corrected chi connectivity index (χ3v) is 3.40. The van der Waals surface area contributed by atoms with Crippen molar-refractivity contribution in [2.24, 2.45) is 5.92 Å². The minimum Gasteiger partial charge on any atom is -0.481 e. The van der Waals surface area contributed by atoms with Crippen molar-refractivity contribution in [3.63, 3.8) is 0 Å². The topological polar surface area (TPSA) is 87.4 Å². The molecule has 5 N–H and O–H groups in total. The Morgan fingerprint density at radius 1 is 1.41 bits per heavy atom. The molecule has 1 aliphatic rings. The molecule has 1 heterocycles. The first-order chi connectivity index (χ1) is 8.02. The van der Waals surface area contributed by atoms with E-state index >= 15 is 0 Å². The van der Waals surface area contributed by atoms with Crippen molar-refractivity contribution in [1.82, 2.24) is 10.9 Å². The number of carbonyl (C=O) groups is 1. The number of hydrogen-bond donors (Lipinski definition) is 4. The number of aliphatic carboxylic acids is 1. The fourth-order valence-electron chi connectivity index (χ4n) is 2.33. The van der Waals surface area contributed by atoms with Gasteiger partial charge in [0.25, 0.3) is 0 Å². The molecular weight excluding hydrogens is 218 g/mol. The van der Waals surface area contributed by atoms with Gasteiger partial charge in [-0.1, -0.05) is 12.1 Å². The first-order valence-electron chi connectivity index (χ1n) is 5.61. The van der Waals surface area contributed by atoms with Crippen LogP contribution in [0.5, 0.6) is 0 Å². The molecule has 0 amide bonds. The summed E-state index contributed by atoms with van der Waals surface area (Å²) in [5.74, 6) is -1.29. The van der Waals surface area contributed by atoms with Crippen molar-refractivity contribution in [1.29, 1.82) is 0 Å². The van der Waals surface area contributed by atoms with Crippen molar-refractivity contribution < 1.29 is 9.90 Å². The summed E-state index contributed by atoms with van der Waals surface area (Å²) >= 11 is 0. The van der Waals surface area contributed by atoms with Gasteiger partial charge >= 0.3 is 5.97 Å². The fourth-order valence-corrected chi connectivity index (χ4v) is 2.33. The Bertz CT molecular complexity index is 447. The van der Waals surface area contributed by atoms with Crippen molar-refractivity contribution >= 4 is 11.7 Å². The standard InChI is InChI=1S/C12H17N3O2/c1-6-8(4-3-5-9(6)13)11-10(12(16)17)7(2)14-15-11/h3-5,7,10-11,14-15H,13H2,1-2H3,(H,16,17). The number of hydrogen-bond acceptors (Lipinski definition) is 4. The first kappa shape index (κ1) is 11.9. The average Bonchev–Trinajstić information content (AvgIpc) is 2.64. The van der Waals surface area contributed by atoms with E-state index in [4.69, 9.17) is 5.73 Å². The molecule has 0 aromatic heterocycles. The Balaban J connectivity index is 2.39. The number of benzene rings is 1. The van der Waals surface area contributed by atoms with Crippen LogP contribution >= 0.6 is 0 Å². The summed E-state index contributed by atoms with van der Waals surface area (Å²) in [5, 5.41) is 9.26. The Kier molecular flexibility index (Phi) is 3.04. The van der Waals surface area contributed by atoms with Gasteiger partial charge in [-0.25, -0.2) is 5.43 Å². The number of nitrogens with one attached hydrogen (secondary N) is 2. The van der Waals surface area contributed by atoms with Crippen LogP contribution in [0, 0.1) is 12.8 Å². The molecule has 1 aromatic rings. The van der Waals surface area contributed by atoms with Gasteiger partial charge in [0.1, 0.15) is 0 Å². The van der Waals surface area contributed by atoms with Gasteiger partial charge in [-0.15, -0.1) is 0 Å². The lowest BCUT2D eigenvalue weighted by Gasteiger charge is -2.19. The zero-order valence-corrected chi connectivity index (χ0v) is 9.90. The van der Waals surface area contributed by atoms with Crippen LogP contribution in [0.4, 0.5) is 5.69 Å². The number of anilines is 1. The summed E-state index contributed by atoms with van der Waals surface area (Å²) in [6, 6.07) is 5.23. The monoisotopic (exact) mass is 235 g/mol. The second kappa shape index (κ2) is 4.35. The molecule has 5 heteroatoms. The van der Waals surface area contributed by atoms with Crippen LogP contribution in [0.3, 0.4) is 0 Å². The number of carboxylic acids is 1. The molecule has 2 rings (SSSR count). The van der Waals surface area contributed by atoms with E-state index in [2.05, 4.69) is 10.9 Å². The minimum absolute atomic E-state index is 0.113. The molecule has 1 saturated heterocycles. The van der Waals surface area contributed by atoms with Crippen LogP contribution < -0.4 is 16.6 Å². The fraction of sp³-hybridized carbons (Fsp3) is 0.417. The van der Waals surface area contributed by atoms with Crippen molar-refractivity contribution in [2.45, 2.75) is 25.9 Å². The number of rotatable bonds is 2. The van der Waals surface area contributed by atoms with Gasteiger partial charge in [-0.3, -0.25) is 10.2 Å². The average molecular weight is 235 g/mol. The minimum atomic E-state index is -0.804. The number of nitrogens with two attached hydrogens (primary N) is 1. The lowest BCUT2D eigenvalue weighted by molar-refractivity contribution is -0.142. The van der Waals surface area contributed by atoms with Crippen LogP contribution in [-0.2, 0) is 4.79 Å². The quantitative estimate of drug-likeness (QED) is 0.570. The third kappa shape index (κ3) is 1.99. The van der Waals surface area contributed by atoms with Crippen molar-refractivity contribution in [3.05, 3.63) is 29.3 Å². The molecule has 0 radical (unpaired) electrons. The van der Waals surface area contributed by atoms with Crippen LogP contribution in [-0.4, -0.2) is 17.1 Å². The molecule has 17 heavy (non-hydrogen) atoms. The molecule has 3 atom stereocenters. The van der Waals surface area contributed by atoms with Gasteiger partial charge in [0.15, 0.2) is 0 Å². The zero-order chi connectivity index (χ0) is 12.6. The van der Waals surface area contributed by atoms with E-state index < -0.39 is 11.9 Å². The van der Waals surface area contributed by atoms with Crippen molar-refractivity contribution in [2.75, 3.05) is 5.73 Å². The molecule has 1 aliphatic heterocycles. The van der Waals surface area contributed by atoms with Crippen LogP contribution in [0.15, 0.2) is 18.2 Å². The summed E-state index contributed by atoms with van der Waals surface area (Å²) in [5.41, 5.74) is 14.4. The van der Waals surface area contributed by atoms with E-state index in [1.807, 2.05) is 32.0 Å². The molecule has 0 spiro atoms. The predicted molar refractivity (Wildman–Crippen MR) is 65.2 cm³/mol. The molecule has 1 aromatic carbocycles. The van der Waals surface area contributed by atoms with Crippen LogP contribution in [0.25, 0.3) is 0 Å². The Labute approximate surface area is 100.0 Å². The number of hydrazine groups is 1. The summed E-state index contributed by atoms with van der Waals surface area (Å²) in [4.78, 5) is 11.3. The number of nitrogen functional groups attached to an aromatic ring is 1. The lowest BCUT2D eigenvalue weighted by atomic mass is 9.88. The highest BCUT2D eigenvalue weighted by Gasteiger charge is 2.40.